The van der Waals surface area contributed by atoms with Crippen LogP contribution in [0.1, 0.15) is 40.6 Å². The van der Waals surface area contributed by atoms with Crippen molar-refractivity contribution in [3.63, 3.8) is 0 Å². The van der Waals surface area contributed by atoms with Gasteiger partial charge < -0.3 is 4.90 Å². The third-order valence-electron chi connectivity index (χ3n) is 4.65. The quantitative estimate of drug-likeness (QED) is 0.689. The third kappa shape index (κ3) is 3.68. The van der Waals surface area contributed by atoms with E-state index in [9.17, 15) is 9.18 Å². The highest BCUT2D eigenvalue weighted by molar-refractivity contribution is 6.31. The third-order valence-corrected chi connectivity index (χ3v) is 5.00. The van der Waals surface area contributed by atoms with Crippen molar-refractivity contribution in [1.29, 1.82) is 0 Å². The van der Waals surface area contributed by atoms with Crippen molar-refractivity contribution in [1.82, 2.24) is 24.9 Å². The molecule has 8 heteroatoms. The molecule has 0 spiro atoms. The van der Waals surface area contributed by atoms with E-state index in [1.807, 2.05) is 18.2 Å². The van der Waals surface area contributed by atoms with Crippen LogP contribution in [0.5, 0.6) is 0 Å². The summed E-state index contributed by atoms with van der Waals surface area (Å²) in [6.45, 7) is 0.972. The monoisotopic (exact) mass is 385 g/mol. The summed E-state index contributed by atoms with van der Waals surface area (Å²) in [4.78, 5) is 19.1. The summed E-state index contributed by atoms with van der Waals surface area (Å²) in [5, 5.41) is 8.35. The predicted molar refractivity (Wildman–Crippen MR) is 97.8 cm³/mol. The normalized spacial score (nSPS) is 16.7. The average Bonchev–Trinajstić information content (AvgIpc) is 3.34. The van der Waals surface area contributed by atoms with Gasteiger partial charge in [0.25, 0.3) is 5.91 Å². The molecule has 1 aliphatic heterocycles. The topological polar surface area (TPSA) is 63.9 Å². The number of likely N-dealkylation sites (tertiary alicyclic amines) is 1. The number of carbonyl (C=O) groups excluding carboxylic acids is 1. The molecule has 1 fully saturated rings. The maximum Gasteiger partial charge on any atom is 0.276 e. The average molecular weight is 386 g/mol. The minimum Gasteiger partial charge on any atom is -0.329 e. The van der Waals surface area contributed by atoms with Gasteiger partial charge in [0.1, 0.15) is 5.82 Å². The Hall–Kier alpha value is -2.80. The Balaban J connectivity index is 1.51. The molecule has 0 saturated carbocycles. The van der Waals surface area contributed by atoms with E-state index in [4.69, 9.17) is 11.6 Å². The van der Waals surface area contributed by atoms with E-state index in [-0.39, 0.29) is 17.6 Å². The molecule has 0 N–H and O–H groups in total. The van der Waals surface area contributed by atoms with Gasteiger partial charge in [0.15, 0.2) is 5.69 Å². The number of halogens is 2. The lowest BCUT2D eigenvalue weighted by Crippen LogP contribution is -2.31. The van der Waals surface area contributed by atoms with Crippen molar-refractivity contribution in [2.45, 2.75) is 25.4 Å². The lowest BCUT2D eigenvalue weighted by Gasteiger charge is -2.23. The molecule has 138 valence electrons. The minimum absolute atomic E-state index is 0.0459. The zero-order valence-electron chi connectivity index (χ0n) is 14.4. The van der Waals surface area contributed by atoms with Gasteiger partial charge in [-0.05, 0) is 42.7 Å². The second-order valence-corrected chi connectivity index (χ2v) is 6.86. The molecule has 6 nitrogen and oxygen atoms in total. The number of benzene rings is 1. The maximum absolute atomic E-state index is 13.2. The second kappa shape index (κ2) is 7.44. The SMILES string of the molecule is O=C(c1cn(Cc2ccc(F)cc2Cl)nn1)N1CCC[C@@H]1c1ccccn1. The summed E-state index contributed by atoms with van der Waals surface area (Å²) in [5.41, 5.74) is 1.86. The Morgan fingerprint density at radius 2 is 2.19 bits per heavy atom. The second-order valence-electron chi connectivity index (χ2n) is 6.45. The number of nitrogens with zero attached hydrogens (tertiary/aromatic N) is 5. The fourth-order valence-electron chi connectivity index (χ4n) is 3.34. The summed E-state index contributed by atoms with van der Waals surface area (Å²) in [5.74, 6) is -0.563. The van der Waals surface area contributed by atoms with Crippen molar-refractivity contribution in [3.8, 4) is 0 Å². The number of pyridine rings is 1. The lowest BCUT2D eigenvalue weighted by atomic mass is 10.1. The predicted octanol–water partition coefficient (Wildman–Crippen LogP) is 3.49. The van der Waals surface area contributed by atoms with E-state index in [2.05, 4.69) is 15.3 Å². The first kappa shape index (κ1) is 17.6. The first-order valence-electron chi connectivity index (χ1n) is 8.68. The largest absolute Gasteiger partial charge is 0.329 e. The smallest absolute Gasteiger partial charge is 0.276 e. The van der Waals surface area contributed by atoms with Crippen LogP contribution in [0, 0.1) is 5.82 Å². The molecular weight excluding hydrogens is 369 g/mol. The number of carbonyl (C=O) groups is 1. The van der Waals surface area contributed by atoms with Gasteiger partial charge in [0, 0.05) is 17.8 Å². The first-order valence-corrected chi connectivity index (χ1v) is 9.05. The van der Waals surface area contributed by atoms with Gasteiger partial charge in [-0.1, -0.05) is 28.9 Å². The highest BCUT2D eigenvalue weighted by Crippen LogP contribution is 2.31. The molecule has 1 atom stereocenters. The lowest BCUT2D eigenvalue weighted by molar-refractivity contribution is 0.0727. The molecule has 1 aromatic carbocycles. The van der Waals surface area contributed by atoms with Gasteiger partial charge >= 0.3 is 0 Å². The molecule has 0 radical (unpaired) electrons. The van der Waals surface area contributed by atoms with Crippen LogP contribution < -0.4 is 0 Å². The molecule has 0 bridgehead atoms. The first-order chi connectivity index (χ1) is 13.1. The van der Waals surface area contributed by atoms with Gasteiger partial charge in [-0.25, -0.2) is 9.07 Å². The van der Waals surface area contributed by atoms with Crippen LogP contribution in [0.25, 0.3) is 0 Å². The van der Waals surface area contributed by atoms with E-state index < -0.39 is 5.82 Å². The van der Waals surface area contributed by atoms with Crippen LogP contribution >= 0.6 is 11.6 Å². The van der Waals surface area contributed by atoms with Crippen molar-refractivity contribution < 1.29 is 9.18 Å². The fourth-order valence-corrected chi connectivity index (χ4v) is 3.56. The molecule has 1 amide bonds. The molecule has 3 heterocycles. The van der Waals surface area contributed by atoms with Crippen molar-refractivity contribution in [2.24, 2.45) is 0 Å². The molecule has 27 heavy (non-hydrogen) atoms. The van der Waals surface area contributed by atoms with E-state index >= 15 is 0 Å². The van der Waals surface area contributed by atoms with Crippen LogP contribution in [-0.4, -0.2) is 37.3 Å². The zero-order chi connectivity index (χ0) is 18.8. The summed E-state index contributed by atoms with van der Waals surface area (Å²) in [7, 11) is 0. The molecule has 0 unspecified atom stereocenters. The summed E-state index contributed by atoms with van der Waals surface area (Å²) < 4.78 is 14.7. The van der Waals surface area contributed by atoms with Gasteiger partial charge in [-0.2, -0.15) is 0 Å². The van der Waals surface area contributed by atoms with E-state index in [0.717, 1.165) is 18.5 Å². The molecule has 4 rings (SSSR count). The molecule has 0 aliphatic carbocycles. The molecule has 1 saturated heterocycles. The van der Waals surface area contributed by atoms with Gasteiger partial charge in [0.05, 0.1) is 24.5 Å². The highest BCUT2D eigenvalue weighted by atomic mass is 35.5. The van der Waals surface area contributed by atoms with Crippen LogP contribution in [0.2, 0.25) is 5.02 Å². The Labute approximate surface area is 160 Å². The van der Waals surface area contributed by atoms with Crippen molar-refractivity contribution in [2.75, 3.05) is 6.54 Å². The summed E-state index contributed by atoms with van der Waals surface area (Å²) >= 11 is 6.06. The van der Waals surface area contributed by atoms with Gasteiger partial charge in [0.2, 0.25) is 0 Å². The number of aromatic nitrogens is 4. The van der Waals surface area contributed by atoms with E-state index in [1.165, 1.54) is 16.8 Å². The maximum atomic E-state index is 13.2. The number of hydrogen-bond donors (Lipinski definition) is 0. The van der Waals surface area contributed by atoms with Crippen LogP contribution in [0.4, 0.5) is 4.39 Å². The molecule has 2 aromatic heterocycles. The standard InChI is InChI=1S/C19H17ClFN5O/c20-15-10-14(21)7-6-13(15)11-25-12-17(23-24-25)19(27)26-9-3-5-18(26)16-4-1-2-8-22-16/h1-2,4,6-8,10,12,18H,3,5,9,11H2/t18-/m1/s1. The number of rotatable bonds is 4. The van der Waals surface area contributed by atoms with Crippen LogP contribution in [-0.2, 0) is 6.54 Å². The summed E-state index contributed by atoms with van der Waals surface area (Å²) in [6, 6.07) is 9.86. The Kier molecular flexibility index (Phi) is 4.85. The van der Waals surface area contributed by atoms with Crippen LogP contribution in [0.15, 0.2) is 48.8 Å². The Morgan fingerprint density at radius 1 is 1.30 bits per heavy atom. The summed E-state index contributed by atoms with van der Waals surface area (Å²) in [6.07, 6.45) is 5.13. The van der Waals surface area contributed by atoms with Gasteiger partial charge in [-0.3, -0.25) is 9.78 Å². The Morgan fingerprint density at radius 3 is 2.96 bits per heavy atom. The van der Waals surface area contributed by atoms with Crippen LogP contribution in [0.3, 0.4) is 0 Å². The minimum atomic E-state index is -0.396. The molecule has 1 aliphatic rings. The van der Waals surface area contributed by atoms with Crippen molar-refractivity contribution >= 4 is 17.5 Å². The highest BCUT2D eigenvalue weighted by Gasteiger charge is 2.32. The Bertz CT molecular complexity index is 962. The molecule has 3 aromatic rings. The van der Waals surface area contributed by atoms with Crippen molar-refractivity contribution in [3.05, 3.63) is 76.6 Å². The number of amides is 1. The molecular formula is C19H17ClFN5O. The zero-order valence-corrected chi connectivity index (χ0v) is 15.2. The number of hydrogen-bond acceptors (Lipinski definition) is 4. The van der Waals surface area contributed by atoms with Gasteiger partial charge in [-0.15, -0.1) is 5.10 Å². The van der Waals surface area contributed by atoms with E-state index in [1.54, 1.807) is 23.4 Å². The fraction of sp³-hybridized carbons (Fsp3) is 0.263. The van der Waals surface area contributed by atoms with E-state index in [0.29, 0.717) is 23.7 Å².